The molecule has 0 bridgehead atoms. The summed E-state index contributed by atoms with van der Waals surface area (Å²) in [5, 5.41) is 2.93. The van der Waals surface area contributed by atoms with Crippen LogP contribution in [0.2, 0.25) is 0 Å². The van der Waals surface area contributed by atoms with E-state index in [0.29, 0.717) is 0 Å². The van der Waals surface area contributed by atoms with Crippen molar-refractivity contribution < 1.29 is 19.1 Å². The number of carbonyl (C=O) groups excluding carboxylic acids is 2. The van der Waals surface area contributed by atoms with Gasteiger partial charge in [-0.15, -0.1) is 4.91 Å². The van der Waals surface area contributed by atoms with E-state index in [0.717, 1.165) is 30.5 Å². The molecule has 22 heavy (non-hydrogen) atoms. The second-order valence-corrected chi connectivity index (χ2v) is 4.88. The number of nitrogens with zero attached hydrogens (tertiary/aromatic N) is 2. The van der Waals surface area contributed by atoms with Crippen LogP contribution in [0, 0.1) is 4.91 Å². The summed E-state index contributed by atoms with van der Waals surface area (Å²) in [7, 11) is 0. The lowest BCUT2D eigenvalue weighted by Crippen LogP contribution is -2.27. The molecule has 1 aliphatic rings. The van der Waals surface area contributed by atoms with Gasteiger partial charge in [-0.2, -0.15) is 0 Å². The molecule has 0 N–H and O–H groups in total. The lowest BCUT2D eigenvalue weighted by Gasteiger charge is -2.16. The van der Waals surface area contributed by atoms with Gasteiger partial charge in [0.2, 0.25) is 0 Å². The molecule has 2 rings (SSSR count). The van der Waals surface area contributed by atoms with Crippen molar-refractivity contribution in [1.82, 2.24) is 4.98 Å². The number of nitroso groups, excluding NO2 is 1. The molecule has 0 spiro atoms. The summed E-state index contributed by atoms with van der Waals surface area (Å²) in [5.74, 6) is -2.94. The highest BCUT2D eigenvalue weighted by Crippen LogP contribution is 2.32. The summed E-state index contributed by atoms with van der Waals surface area (Å²) >= 11 is 0. The number of carbonyl (C=O) groups is 2. The molecule has 0 fully saturated rings. The minimum absolute atomic E-state index is 0.00763. The van der Waals surface area contributed by atoms with Gasteiger partial charge < -0.3 is 9.47 Å². The molecule has 1 aromatic heterocycles. The number of aryl methyl sites for hydroxylation is 2. The molecular formula is C15H18N2O5. The molecule has 0 amide bonds. The third-order valence-electron chi connectivity index (χ3n) is 3.48. The van der Waals surface area contributed by atoms with Gasteiger partial charge in [0, 0.05) is 5.69 Å². The zero-order valence-electron chi connectivity index (χ0n) is 12.6. The van der Waals surface area contributed by atoms with Crippen LogP contribution in [0.15, 0.2) is 11.2 Å². The summed E-state index contributed by atoms with van der Waals surface area (Å²) in [5.41, 5.74) is 1.74. The van der Waals surface area contributed by atoms with E-state index in [4.69, 9.17) is 9.47 Å². The van der Waals surface area contributed by atoms with Crippen LogP contribution >= 0.6 is 0 Å². The maximum absolute atomic E-state index is 12.1. The van der Waals surface area contributed by atoms with Crippen LogP contribution in [-0.2, 0) is 31.9 Å². The first kappa shape index (κ1) is 16.1. The van der Waals surface area contributed by atoms with Crippen LogP contribution in [0.25, 0.3) is 0 Å². The van der Waals surface area contributed by atoms with Crippen molar-refractivity contribution in [2.75, 3.05) is 13.2 Å². The Hall–Kier alpha value is -2.31. The SMILES string of the molecule is CCOC(=O)C(C(=O)OCC)c1nc2c(cc1N=O)CCC2. The average molecular weight is 306 g/mol. The Bertz CT molecular complexity index is 582. The quantitative estimate of drug-likeness (QED) is 0.454. The predicted octanol–water partition coefficient (Wildman–Crippen LogP) is 2.18. The van der Waals surface area contributed by atoms with E-state index in [2.05, 4.69) is 10.2 Å². The van der Waals surface area contributed by atoms with Crippen molar-refractivity contribution in [3.63, 3.8) is 0 Å². The first-order valence-corrected chi connectivity index (χ1v) is 7.31. The monoisotopic (exact) mass is 306 g/mol. The fraction of sp³-hybridized carbons (Fsp3) is 0.533. The van der Waals surface area contributed by atoms with Crippen LogP contribution < -0.4 is 0 Å². The molecule has 0 unspecified atom stereocenters. The molecule has 0 aliphatic heterocycles. The van der Waals surface area contributed by atoms with E-state index in [1.54, 1.807) is 19.9 Å². The second kappa shape index (κ2) is 7.11. The van der Waals surface area contributed by atoms with Crippen LogP contribution in [0.1, 0.15) is 43.1 Å². The van der Waals surface area contributed by atoms with Crippen molar-refractivity contribution in [2.45, 2.75) is 39.0 Å². The molecule has 0 radical (unpaired) electrons. The van der Waals surface area contributed by atoms with Crippen molar-refractivity contribution >= 4 is 17.6 Å². The third-order valence-corrected chi connectivity index (χ3v) is 3.48. The molecule has 0 aromatic carbocycles. The van der Waals surface area contributed by atoms with Gasteiger partial charge in [0.25, 0.3) is 0 Å². The molecule has 118 valence electrons. The Balaban J connectivity index is 2.48. The summed E-state index contributed by atoms with van der Waals surface area (Å²) in [6, 6.07) is 1.60. The topological polar surface area (TPSA) is 94.9 Å². The van der Waals surface area contributed by atoms with Crippen LogP contribution in [0.4, 0.5) is 5.69 Å². The van der Waals surface area contributed by atoms with Gasteiger partial charge >= 0.3 is 11.9 Å². The maximum atomic E-state index is 12.1. The first-order chi connectivity index (χ1) is 10.6. The molecule has 7 heteroatoms. The van der Waals surface area contributed by atoms with E-state index in [9.17, 15) is 14.5 Å². The third kappa shape index (κ3) is 3.13. The van der Waals surface area contributed by atoms with Gasteiger partial charge in [0.15, 0.2) is 5.92 Å². The molecule has 1 heterocycles. The van der Waals surface area contributed by atoms with Gasteiger partial charge in [-0.25, -0.2) is 0 Å². The first-order valence-electron chi connectivity index (χ1n) is 7.31. The Morgan fingerprint density at radius 3 is 2.41 bits per heavy atom. The van der Waals surface area contributed by atoms with E-state index in [1.807, 2.05) is 0 Å². The van der Waals surface area contributed by atoms with Crippen molar-refractivity contribution in [2.24, 2.45) is 5.18 Å². The molecule has 7 nitrogen and oxygen atoms in total. The number of pyridine rings is 1. The molecular weight excluding hydrogens is 288 g/mol. The number of ether oxygens (including phenoxy) is 2. The zero-order chi connectivity index (χ0) is 16.1. The molecule has 1 aliphatic carbocycles. The lowest BCUT2D eigenvalue weighted by molar-refractivity contribution is -0.157. The fourth-order valence-electron chi connectivity index (χ4n) is 2.53. The fourth-order valence-corrected chi connectivity index (χ4v) is 2.53. The van der Waals surface area contributed by atoms with Gasteiger partial charge in [-0.05, 0) is 49.9 Å². The molecule has 0 saturated heterocycles. The summed E-state index contributed by atoms with van der Waals surface area (Å²) in [6.07, 6.45) is 2.49. The normalized spacial score (nSPS) is 12.9. The van der Waals surface area contributed by atoms with E-state index >= 15 is 0 Å². The summed E-state index contributed by atoms with van der Waals surface area (Å²) in [4.78, 5) is 39.7. The van der Waals surface area contributed by atoms with E-state index in [1.165, 1.54) is 0 Å². The van der Waals surface area contributed by atoms with Crippen molar-refractivity contribution in [3.05, 3.63) is 27.9 Å². The Labute approximate surface area is 128 Å². The Morgan fingerprint density at radius 1 is 1.23 bits per heavy atom. The highest BCUT2D eigenvalue weighted by Gasteiger charge is 2.36. The largest absolute Gasteiger partial charge is 0.465 e. The van der Waals surface area contributed by atoms with Crippen LogP contribution in [-0.4, -0.2) is 30.1 Å². The van der Waals surface area contributed by atoms with Crippen molar-refractivity contribution in [3.8, 4) is 0 Å². The predicted molar refractivity (Wildman–Crippen MR) is 77.7 cm³/mol. The number of esters is 2. The lowest BCUT2D eigenvalue weighted by atomic mass is 10.0. The summed E-state index contributed by atoms with van der Waals surface area (Å²) < 4.78 is 9.84. The standard InChI is InChI=1S/C15H18N2O5/c1-3-21-14(18)12(15(19)22-4-2)13-11(17-20)8-9-6-5-7-10(9)16-13/h8,12H,3-7H2,1-2H3. The highest BCUT2D eigenvalue weighted by atomic mass is 16.6. The van der Waals surface area contributed by atoms with Gasteiger partial charge in [-0.1, -0.05) is 0 Å². The zero-order valence-corrected chi connectivity index (χ0v) is 12.6. The number of hydrogen-bond acceptors (Lipinski definition) is 7. The minimum atomic E-state index is -1.38. The molecule has 1 aromatic rings. The minimum Gasteiger partial charge on any atom is -0.465 e. The van der Waals surface area contributed by atoms with Gasteiger partial charge in [-0.3, -0.25) is 14.6 Å². The summed E-state index contributed by atoms with van der Waals surface area (Å²) in [6.45, 7) is 3.50. The van der Waals surface area contributed by atoms with E-state index in [-0.39, 0.29) is 24.6 Å². The number of aromatic nitrogens is 1. The molecule has 0 atom stereocenters. The Kier molecular flexibility index (Phi) is 5.19. The van der Waals surface area contributed by atoms with Gasteiger partial charge in [0.1, 0.15) is 5.69 Å². The van der Waals surface area contributed by atoms with Gasteiger partial charge in [0.05, 0.1) is 18.9 Å². The highest BCUT2D eigenvalue weighted by molar-refractivity contribution is 6.01. The van der Waals surface area contributed by atoms with E-state index < -0.39 is 17.9 Å². The number of rotatable bonds is 6. The maximum Gasteiger partial charge on any atom is 0.326 e. The smallest absolute Gasteiger partial charge is 0.326 e. The number of hydrogen-bond donors (Lipinski definition) is 0. The second-order valence-electron chi connectivity index (χ2n) is 4.88. The van der Waals surface area contributed by atoms with Crippen LogP contribution in [0.3, 0.4) is 0 Å². The average Bonchev–Trinajstić information content (AvgIpc) is 2.94. The van der Waals surface area contributed by atoms with Crippen LogP contribution in [0.5, 0.6) is 0 Å². The van der Waals surface area contributed by atoms with Crippen molar-refractivity contribution in [1.29, 1.82) is 0 Å². The Morgan fingerprint density at radius 2 is 1.86 bits per heavy atom. The number of fused-ring (bicyclic) bond motifs is 1. The molecule has 0 saturated carbocycles.